The Labute approximate surface area is 132 Å². The fourth-order valence-electron chi connectivity index (χ4n) is 2.97. The minimum absolute atomic E-state index is 0.143. The van der Waals surface area contributed by atoms with Gasteiger partial charge in [-0.3, -0.25) is 15.0 Å². The predicted molar refractivity (Wildman–Crippen MR) is 88.9 cm³/mol. The van der Waals surface area contributed by atoms with Crippen LogP contribution in [-0.2, 0) is 0 Å². The van der Waals surface area contributed by atoms with E-state index in [-0.39, 0.29) is 16.7 Å². The number of hydrogen-bond donors (Lipinski definition) is 1. The summed E-state index contributed by atoms with van der Waals surface area (Å²) < 4.78 is 0. The summed E-state index contributed by atoms with van der Waals surface area (Å²) in [4.78, 5) is 12.8. The summed E-state index contributed by atoms with van der Waals surface area (Å²) in [7, 11) is 0. The first kappa shape index (κ1) is 16.6. The van der Waals surface area contributed by atoms with Crippen LogP contribution in [-0.4, -0.2) is 35.5 Å². The Morgan fingerprint density at radius 3 is 2.50 bits per heavy atom. The molecule has 1 fully saturated rings. The van der Waals surface area contributed by atoms with Crippen LogP contribution in [0, 0.1) is 10.1 Å². The molecule has 0 radical (unpaired) electrons. The van der Waals surface area contributed by atoms with Gasteiger partial charge in [0.2, 0.25) is 0 Å². The molecule has 0 amide bonds. The third-order valence-corrected chi connectivity index (χ3v) is 4.17. The van der Waals surface area contributed by atoms with E-state index < -0.39 is 0 Å². The molecule has 0 spiro atoms. The Hall–Kier alpha value is -1.72. The van der Waals surface area contributed by atoms with Gasteiger partial charge in [0.05, 0.1) is 4.92 Å². The van der Waals surface area contributed by atoms with Crippen LogP contribution in [0.3, 0.4) is 0 Å². The van der Waals surface area contributed by atoms with E-state index in [9.17, 15) is 10.1 Å². The lowest BCUT2D eigenvalue weighted by Crippen LogP contribution is -2.43. The van der Waals surface area contributed by atoms with Gasteiger partial charge < -0.3 is 5.32 Å². The average Bonchev–Trinajstić information content (AvgIpc) is 2.49. The summed E-state index contributed by atoms with van der Waals surface area (Å²) in [6, 6.07) is 7.54. The summed E-state index contributed by atoms with van der Waals surface area (Å²) in [6.45, 7) is 11.3. The second-order valence-corrected chi connectivity index (χ2v) is 6.24. The van der Waals surface area contributed by atoms with Crippen LogP contribution in [0.15, 0.2) is 36.4 Å². The zero-order valence-corrected chi connectivity index (χ0v) is 13.4. The summed E-state index contributed by atoms with van der Waals surface area (Å²) in [5, 5.41) is 14.3. The van der Waals surface area contributed by atoms with Crippen LogP contribution in [0.25, 0.3) is 0 Å². The largest absolute Gasteiger partial charge is 0.307 e. The third kappa shape index (κ3) is 4.64. The van der Waals surface area contributed by atoms with Crippen molar-refractivity contribution < 1.29 is 4.92 Å². The summed E-state index contributed by atoms with van der Waals surface area (Å²) in [6.07, 6.45) is 2.26. The lowest BCUT2D eigenvalue weighted by molar-refractivity contribution is -0.384. The molecular weight excluding hydrogens is 278 g/mol. The lowest BCUT2D eigenvalue weighted by atomic mass is 10.0. The maximum atomic E-state index is 10.7. The number of nitrogens with zero attached hydrogens (tertiary/aromatic N) is 2. The zero-order valence-electron chi connectivity index (χ0n) is 13.4. The Balaban J connectivity index is 1.83. The molecule has 1 saturated heterocycles. The van der Waals surface area contributed by atoms with Crippen molar-refractivity contribution in [1.29, 1.82) is 0 Å². The number of nitro groups is 1. The Morgan fingerprint density at radius 2 is 2.00 bits per heavy atom. The first-order valence-electron chi connectivity index (χ1n) is 7.83. The molecule has 1 aliphatic rings. The molecule has 120 valence electrons. The molecule has 1 aromatic carbocycles. The van der Waals surface area contributed by atoms with Crippen LogP contribution in [0.4, 0.5) is 5.69 Å². The van der Waals surface area contributed by atoms with E-state index in [2.05, 4.69) is 30.6 Å². The van der Waals surface area contributed by atoms with Gasteiger partial charge in [-0.25, -0.2) is 0 Å². The molecule has 22 heavy (non-hydrogen) atoms. The summed E-state index contributed by atoms with van der Waals surface area (Å²) in [5.74, 6) is 0. The molecule has 2 rings (SSSR count). The normalized spacial score (nSPS) is 18.1. The van der Waals surface area contributed by atoms with Crippen molar-refractivity contribution in [3.05, 3.63) is 52.1 Å². The quantitative estimate of drug-likeness (QED) is 0.498. The van der Waals surface area contributed by atoms with Crippen molar-refractivity contribution in [1.82, 2.24) is 10.2 Å². The van der Waals surface area contributed by atoms with Crippen LogP contribution >= 0.6 is 0 Å². The van der Waals surface area contributed by atoms with Gasteiger partial charge in [-0.05, 0) is 45.3 Å². The van der Waals surface area contributed by atoms with Gasteiger partial charge in [0.1, 0.15) is 0 Å². The first-order valence-corrected chi connectivity index (χ1v) is 7.83. The Morgan fingerprint density at radius 1 is 1.41 bits per heavy atom. The van der Waals surface area contributed by atoms with Gasteiger partial charge in [0, 0.05) is 30.8 Å². The molecule has 1 heterocycles. The molecule has 0 bridgehead atoms. The highest BCUT2D eigenvalue weighted by Gasteiger charge is 2.20. The highest BCUT2D eigenvalue weighted by molar-refractivity contribution is 5.34. The molecule has 5 nitrogen and oxygen atoms in total. The highest BCUT2D eigenvalue weighted by atomic mass is 16.6. The van der Waals surface area contributed by atoms with Gasteiger partial charge >= 0.3 is 0 Å². The monoisotopic (exact) mass is 303 g/mol. The van der Waals surface area contributed by atoms with Gasteiger partial charge in [0.15, 0.2) is 0 Å². The van der Waals surface area contributed by atoms with Gasteiger partial charge in [-0.15, -0.1) is 0 Å². The second-order valence-electron chi connectivity index (χ2n) is 6.24. The van der Waals surface area contributed by atoms with E-state index in [1.165, 1.54) is 5.57 Å². The lowest BCUT2D eigenvalue weighted by Gasteiger charge is -2.34. The summed E-state index contributed by atoms with van der Waals surface area (Å²) in [5.41, 5.74) is 2.45. The Kier molecular flexibility index (Phi) is 5.69. The fourth-order valence-corrected chi connectivity index (χ4v) is 2.97. The Bertz CT molecular complexity index is 519. The van der Waals surface area contributed by atoms with Gasteiger partial charge in [-0.1, -0.05) is 24.3 Å². The average molecular weight is 303 g/mol. The summed E-state index contributed by atoms with van der Waals surface area (Å²) >= 11 is 0. The first-order chi connectivity index (χ1) is 10.5. The van der Waals surface area contributed by atoms with Crippen LogP contribution in [0.5, 0.6) is 0 Å². The topological polar surface area (TPSA) is 58.4 Å². The van der Waals surface area contributed by atoms with Crippen molar-refractivity contribution in [3.8, 4) is 0 Å². The molecule has 1 aromatic rings. The number of nitro benzene ring substituents is 1. The molecule has 1 unspecified atom stereocenters. The van der Waals surface area contributed by atoms with Crippen molar-refractivity contribution in [3.63, 3.8) is 0 Å². The van der Waals surface area contributed by atoms with Crippen LogP contribution in [0.2, 0.25) is 0 Å². The van der Waals surface area contributed by atoms with Crippen LogP contribution in [0.1, 0.15) is 38.3 Å². The third-order valence-electron chi connectivity index (χ3n) is 4.17. The SMILES string of the molecule is C=C(C)CN1CCC(NC(C)c2ccc([N+](=O)[O-])cc2)CC1. The smallest absolute Gasteiger partial charge is 0.269 e. The van der Waals surface area contributed by atoms with E-state index >= 15 is 0 Å². The number of likely N-dealkylation sites (tertiary alicyclic amines) is 1. The molecule has 0 aromatic heterocycles. The number of nitrogens with one attached hydrogen (secondary N) is 1. The minimum Gasteiger partial charge on any atom is -0.307 e. The van der Waals surface area contributed by atoms with Crippen molar-refractivity contribution >= 4 is 5.69 Å². The van der Waals surface area contributed by atoms with Crippen LogP contribution < -0.4 is 5.32 Å². The number of non-ortho nitro benzene ring substituents is 1. The maximum Gasteiger partial charge on any atom is 0.269 e. The zero-order chi connectivity index (χ0) is 16.1. The maximum absolute atomic E-state index is 10.7. The number of hydrogen-bond acceptors (Lipinski definition) is 4. The van der Waals surface area contributed by atoms with E-state index in [0.29, 0.717) is 6.04 Å². The number of piperidine rings is 1. The molecule has 1 atom stereocenters. The second kappa shape index (κ2) is 7.51. The number of benzene rings is 1. The van der Waals surface area contributed by atoms with Gasteiger partial charge in [0.25, 0.3) is 5.69 Å². The van der Waals surface area contributed by atoms with Crippen molar-refractivity contribution in [2.24, 2.45) is 0 Å². The molecule has 5 heteroatoms. The van der Waals surface area contributed by atoms with Gasteiger partial charge in [-0.2, -0.15) is 0 Å². The standard InChI is InChI=1S/C17H25N3O2/c1-13(2)12-19-10-8-16(9-11-19)18-14(3)15-4-6-17(7-5-15)20(21)22/h4-7,14,16,18H,1,8-12H2,2-3H3. The highest BCUT2D eigenvalue weighted by Crippen LogP contribution is 2.20. The van der Waals surface area contributed by atoms with E-state index in [0.717, 1.165) is 38.0 Å². The minimum atomic E-state index is -0.362. The molecule has 0 saturated carbocycles. The number of rotatable bonds is 6. The fraction of sp³-hybridized carbons (Fsp3) is 0.529. The van der Waals surface area contributed by atoms with E-state index in [1.807, 2.05) is 12.1 Å². The predicted octanol–water partition coefficient (Wildman–Crippen LogP) is 3.29. The van der Waals surface area contributed by atoms with Crippen molar-refractivity contribution in [2.45, 2.75) is 38.8 Å². The molecular formula is C17H25N3O2. The van der Waals surface area contributed by atoms with E-state index in [1.54, 1.807) is 12.1 Å². The molecule has 1 aliphatic heterocycles. The molecule has 1 N–H and O–H groups in total. The molecule has 0 aliphatic carbocycles. The van der Waals surface area contributed by atoms with E-state index in [4.69, 9.17) is 0 Å². The van der Waals surface area contributed by atoms with Crippen molar-refractivity contribution in [2.75, 3.05) is 19.6 Å².